The number of anilines is 1. The number of carbonyl (C=O) groups excluding carboxylic acids is 1. The fraction of sp³-hybridized carbons (Fsp3) is 0.278. The van der Waals surface area contributed by atoms with Gasteiger partial charge in [0.05, 0.1) is 30.9 Å². The van der Waals surface area contributed by atoms with E-state index in [-0.39, 0.29) is 16.5 Å². The van der Waals surface area contributed by atoms with Crippen LogP contribution < -0.4 is 10.1 Å². The molecule has 9 heteroatoms. The molecule has 0 saturated carbocycles. The van der Waals surface area contributed by atoms with Gasteiger partial charge in [0.1, 0.15) is 5.75 Å². The maximum Gasteiger partial charge on any atom is 0.255 e. The first-order valence-corrected chi connectivity index (χ1v) is 10.5. The fourth-order valence-corrected chi connectivity index (χ4v) is 4.54. The Bertz CT molecular complexity index is 943. The zero-order valence-corrected chi connectivity index (χ0v) is 17.0. The van der Waals surface area contributed by atoms with Crippen LogP contribution in [0.3, 0.4) is 0 Å². The van der Waals surface area contributed by atoms with Crippen molar-refractivity contribution in [1.29, 1.82) is 0 Å². The summed E-state index contributed by atoms with van der Waals surface area (Å²) in [7, 11) is -2.22. The topological polar surface area (TPSA) is 84.9 Å². The highest BCUT2D eigenvalue weighted by atomic mass is 79.9. The first-order chi connectivity index (χ1) is 12.9. The van der Waals surface area contributed by atoms with Crippen LogP contribution in [-0.2, 0) is 14.8 Å². The van der Waals surface area contributed by atoms with Crippen molar-refractivity contribution in [2.45, 2.75) is 4.90 Å². The number of methoxy groups -OCH3 is 1. The Morgan fingerprint density at radius 3 is 2.59 bits per heavy atom. The Morgan fingerprint density at radius 2 is 1.93 bits per heavy atom. The van der Waals surface area contributed by atoms with Crippen LogP contribution in [0, 0.1) is 0 Å². The number of hydrogen-bond acceptors (Lipinski definition) is 5. The molecule has 1 fully saturated rings. The van der Waals surface area contributed by atoms with Crippen molar-refractivity contribution in [1.82, 2.24) is 4.31 Å². The summed E-state index contributed by atoms with van der Waals surface area (Å²) >= 11 is 3.33. The molecule has 1 N–H and O–H groups in total. The van der Waals surface area contributed by atoms with E-state index >= 15 is 0 Å². The van der Waals surface area contributed by atoms with E-state index in [0.717, 1.165) is 4.47 Å². The van der Waals surface area contributed by atoms with Gasteiger partial charge in [0.15, 0.2) is 0 Å². The first kappa shape index (κ1) is 19.8. The molecule has 27 heavy (non-hydrogen) atoms. The minimum atomic E-state index is -3.68. The summed E-state index contributed by atoms with van der Waals surface area (Å²) in [5.74, 6) is 0.00907. The van der Waals surface area contributed by atoms with Crippen LogP contribution in [0.4, 0.5) is 5.69 Å². The third kappa shape index (κ3) is 4.49. The van der Waals surface area contributed by atoms with Crippen molar-refractivity contribution >= 4 is 37.5 Å². The predicted molar refractivity (Wildman–Crippen MR) is 105 cm³/mol. The lowest BCUT2D eigenvalue weighted by Crippen LogP contribution is -2.40. The van der Waals surface area contributed by atoms with Gasteiger partial charge in [-0.05, 0) is 36.4 Å². The zero-order valence-electron chi connectivity index (χ0n) is 14.6. The molecule has 1 heterocycles. The number of morpholine rings is 1. The number of sulfonamides is 1. The van der Waals surface area contributed by atoms with E-state index in [4.69, 9.17) is 9.47 Å². The van der Waals surface area contributed by atoms with Crippen LogP contribution in [0.25, 0.3) is 0 Å². The van der Waals surface area contributed by atoms with Gasteiger partial charge in [-0.25, -0.2) is 8.42 Å². The average Bonchev–Trinajstić information content (AvgIpc) is 2.68. The van der Waals surface area contributed by atoms with E-state index in [1.807, 2.05) is 6.07 Å². The maximum atomic E-state index is 12.9. The van der Waals surface area contributed by atoms with Crippen molar-refractivity contribution < 1.29 is 22.7 Å². The lowest BCUT2D eigenvalue weighted by Gasteiger charge is -2.26. The number of halogens is 1. The van der Waals surface area contributed by atoms with E-state index in [9.17, 15) is 13.2 Å². The highest BCUT2D eigenvalue weighted by Gasteiger charge is 2.27. The molecule has 2 aromatic rings. The van der Waals surface area contributed by atoms with Gasteiger partial charge < -0.3 is 14.8 Å². The van der Waals surface area contributed by atoms with Crippen molar-refractivity contribution in [3.8, 4) is 5.75 Å². The molecule has 0 radical (unpaired) electrons. The summed E-state index contributed by atoms with van der Waals surface area (Å²) in [6, 6.07) is 11.3. The van der Waals surface area contributed by atoms with Crippen molar-refractivity contribution in [3.63, 3.8) is 0 Å². The summed E-state index contributed by atoms with van der Waals surface area (Å²) in [5.41, 5.74) is 0.727. The summed E-state index contributed by atoms with van der Waals surface area (Å²) in [4.78, 5) is 12.6. The van der Waals surface area contributed by atoms with E-state index in [0.29, 0.717) is 37.6 Å². The van der Waals surface area contributed by atoms with Gasteiger partial charge in [-0.2, -0.15) is 4.31 Å². The monoisotopic (exact) mass is 454 g/mol. The lowest BCUT2D eigenvalue weighted by molar-refractivity contribution is 0.0730. The standard InChI is InChI=1S/C18H19BrN2O5S/c1-25-17-6-5-15(27(23,24)21-7-9-26-10-8-21)12-16(17)20-18(22)13-3-2-4-14(19)11-13/h2-6,11-12H,7-10H2,1H3,(H,20,22). The molecule has 1 aliphatic heterocycles. The number of carbonyl (C=O) groups is 1. The van der Waals surface area contributed by atoms with Gasteiger partial charge in [-0.3, -0.25) is 4.79 Å². The molecule has 2 aromatic carbocycles. The van der Waals surface area contributed by atoms with Gasteiger partial charge in [-0.15, -0.1) is 0 Å². The van der Waals surface area contributed by atoms with Gasteiger partial charge in [-0.1, -0.05) is 22.0 Å². The summed E-state index contributed by atoms with van der Waals surface area (Å²) < 4.78 is 38.3. The molecule has 7 nitrogen and oxygen atoms in total. The van der Waals surface area contributed by atoms with E-state index < -0.39 is 10.0 Å². The van der Waals surface area contributed by atoms with E-state index in [1.165, 1.54) is 29.6 Å². The highest BCUT2D eigenvalue weighted by Crippen LogP contribution is 2.29. The van der Waals surface area contributed by atoms with E-state index in [2.05, 4.69) is 21.2 Å². The van der Waals surface area contributed by atoms with Crippen molar-refractivity contribution in [2.75, 3.05) is 38.7 Å². The molecule has 0 aromatic heterocycles. The molecular formula is C18H19BrN2O5S. The van der Waals surface area contributed by atoms with Crippen LogP contribution in [0.1, 0.15) is 10.4 Å². The molecule has 0 spiro atoms. The molecule has 3 rings (SSSR count). The Labute approximate surface area is 166 Å². The van der Waals surface area contributed by atoms with Crippen LogP contribution in [0.5, 0.6) is 5.75 Å². The second kappa shape index (κ2) is 8.39. The van der Waals surface area contributed by atoms with Gasteiger partial charge in [0.2, 0.25) is 10.0 Å². The average molecular weight is 455 g/mol. The quantitative estimate of drug-likeness (QED) is 0.750. The Balaban J connectivity index is 1.90. The largest absolute Gasteiger partial charge is 0.495 e. The molecule has 0 atom stereocenters. The van der Waals surface area contributed by atoms with Gasteiger partial charge in [0.25, 0.3) is 5.91 Å². The molecule has 144 valence electrons. The first-order valence-electron chi connectivity index (χ1n) is 8.24. The van der Waals surface area contributed by atoms with Crippen molar-refractivity contribution in [2.24, 2.45) is 0 Å². The molecule has 1 amide bonds. The summed E-state index contributed by atoms with van der Waals surface area (Å²) in [5, 5.41) is 2.73. The molecular weight excluding hydrogens is 436 g/mol. The number of hydrogen-bond donors (Lipinski definition) is 1. The predicted octanol–water partition coefficient (Wildman–Crippen LogP) is 2.73. The fourth-order valence-electron chi connectivity index (χ4n) is 2.71. The number of nitrogens with one attached hydrogen (secondary N) is 1. The second-order valence-corrected chi connectivity index (χ2v) is 8.70. The second-order valence-electron chi connectivity index (χ2n) is 5.84. The molecule has 0 unspecified atom stereocenters. The van der Waals surface area contributed by atoms with Crippen LogP contribution in [-0.4, -0.2) is 52.0 Å². The third-order valence-electron chi connectivity index (χ3n) is 4.11. The Morgan fingerprint density at radius 1 is 1.19 bits per heavy atom. The SMILES string of the molecule is COc1ccc(S(=O)(=O)N2CCOCC2)cc1NC(=O)c1cccc(Br)c1. The van der Waals surface area contributed by atoms with Crippen molar-refractivity contribution in [3.05, 3.63) is 52.5 Å². The third-order valence-corrected chi connectivity index (χ3v) is 6.50. The Hall–Kier alpha value is -1.94. The van der Waals surface area contributed by atoms with Crippen LogP contribution in [0.15, 0.2) is 51.8 Å². The van der Waals surface area contributed by atoms with Gasteiger partial charge >= 0.3 is 0 Å². The van der Waals surface area contributed by atoms with Crippen LogP contribution in [0.2, 0.25) is 0 Å². The zero-order chi connectivity index (χ0) is 19.4. The molecule has 0 bridgehead atoms. The summed E-state index contributed by atoms with van der Waals surface area (Å²) in [6.07, 6.45) is 0. The minimum Gasteiger partial charge on any atom is -0.495 e. The number of nitrogens with zero attached hydrogens (tertiary/aromatic N) is 1. The smallest absolute Gasteiger partial charge is 0.255 e. The normalized spacial score (nSPS) is 15.3. The summed E-state index contributed by atoms with van der Waals surface area (Å²) in [6.45, 7) is 1.33. The molecule has 0 aliphatic carbocycles. The highest BCUT2D eigenvalue weighted by molar-refractivity contribution is 9.10. The molecule has 1 aliphatic rings. The van der Waals surface area contributed by atoms with Crippen LogP contribution >= 0.6 is 15.9 Å². The lowest BCUT2D eigenvalue weighted by atomic mass is 10.2. The molecule has 1 saturated heterocycles. The number of ether oxygens (including phenoxy) is 2. The maximum absolute atomic E-state index is 12.9. The number of amides is 1. The van der Waals surface area contributed by atoms with E-state index in [1.54, 1.807) is 18.2 Å². The minimum absolute atomic E-state index is 0.0924. The Kier molecular flexibility index (Phi) is 6.15. The number of benzene rings is 2. The van der Waals surface area contributed by atoms with Gasteiger partial charge in [0, 0.05) is 23.1 Å². The number of rotatable bonds is 5.